The van der Waals surface area contributed by atoms with Crippen LogP contribution in [0.3, 0.4) is 0 Å². The van der Waals surface area contributed by atoms with Crippen molar-refractivity contribution in [3.63, 3.8) is 0 Å². The van der Waals surface area contributed by atoms with E-state index in [0.29, 0.717) is 18.1 Å². The molecule has 0 amide bonds. The van der Waals surface area contributed by atoms with Gasteiger partial charge in [-0.15, -0.1) is 12.1 Å². The SMILES string of the molecule is C=C(COc1ccccc1OCCC)[B-](F)(F)F. The van der Waals surface area contributed by atoms with Gasteiger partial charge in [0.1, 0.15) is 0 Å². The van der Waals surface area contributed by atoms with Crippen molar-refractivity contribution in [1.29, 1.82) is 0 Å². The van der Waals surface area contributed by atoms with Crippen LogP contribution in [0.1, 0.15) is 13.3 Å². The van der Waals surface area contributed by atoms with Gasteiger partial charge in [-0.05, 0) is 18.6 Å². The summed E-state index contributed by atoms with van der Waals surface area (Å²) >= 11 is 0. The van der Waals surface area contributed by atoms with Crippen molar-refractivity contribution in [1.82, 2.24) is 0 Å². The molecule has 1 rings (SSSR count). The van der Waals surface area contributed by atoms with Gasteiger partial charge in [-0.25, -0.2) is 0 Å². The van der Waals surface area contributed by atoms with Crippen LogP contribution in [0, 0.1) is 0 Å². The van der Waals surface area contributed by atoms with Gasteiger partial charge in [-0.1, -0.05) is 19.1 Å². The van der Waals surface area contributed by atoms with Crippen molar-refractivity contribution in [2.75, 3.05) is 13.2 Å². The molecule has 0 atom stereocenters. The van der Waals surface area contributed by atoms with Crippen LogP contribution in [0.5, 0.6) is 11.5 Å². The lowest BCUT2D eigenvalue weighted by Crippen LogP contribution is -2.23. The highest BCUT2D eigenvalue weighted by Gasteiger charge is 2.27. The molecule has 0 N–H and O–H groups in total. The second-order valence-corrected chi connectivity index (χ2v) is 3.82. The number of benzene rings is 1. The number of halogens is 3. The Morgan fingerprint density at radius 2 is 1.72 bits per heavy atom. The van der Waals surface area contributed by atoms with E-state index >= 15 is 0 Å². The second-order valence-electron chi connectivity index (χ2n) is 3.82. The standard InChI is InChI=1S/C12H15BF3O2/c1-3-8-17-11-6-4-5-7-12(11)18-9-10(2)13(14,15)16/h4-7H,2-3,8-9H2,1H3/q-1. The molecule has 1 aromatic carbocycles. The summed E-state index contributed by atoms with van der Waals surface area (Å²) in [6, 6.07) is 6.64. The van der Waals surface area contributed by atoms with E-state index in [2.05, 4.69) is 6.58 Å². The Balaban J connectivity index is 2.64. The lowest BCUT2D eigenvalue weighted by atomic mass is 9.81. The van der Waals surface area contributed by atoms with Gasteiger partial charge in [0, 0.05) is 0 Å². The highest BCUT2D eigenvalue weighted by molar-refractivity contribution is 6.66. The molecule has 6 heteroatoms. The first-order valence-electron chi connectivity index (χ1n) is 5.67. The minimum Gasteiger partial charge on any atom is -0.490 e. The fourth-order valence-electron chi connectivity index (χ4n) is 1.17. The van der Waals surface area contributed by atoms with E-state index in [1.165, 1.54) is 0 Å². The quantitative estimate of drug-likeness (QED) is 0.693. The van der Waals surface area contributed by atoms with Gasteiger partial charge in [-0.3, -0.25) is 0 Å². The molecule has 18 heavy (non-hydrogen) atoms. The smallest absolute Gasteiger partial charge is 0.490 e. The van der Waals surface area contributed by atoms with E-state index in [1.54, 1.807) is 24.3 Å². The van der Waals surface area contributed by atoms with Gasteiger partial charge in [-0.2, -0.15) is 0 Å². The van der Waals surface area contributed by atoms with E-state index in [4.69, 9.17) is 9.47 Å². The number of hydrogen-bond donors (Lipinski definition) is 0. The van der Waals surface area contributed by atoms with Crippen LogP contribution in [-0.2, 0) is 0 Å². The minimum absolute atomic E-state index is 0.298. The van der Waals surface area contributed by atoms with Gasteiger partial charge in [0.15, 0.2) is 11.5 Å². The molecule has 100 valence electrons. The van der Waals surface area contributed by atoms with Crippen LogP contribution in [0.4, 0.5) is 12.9 Å². The molecule has 0 aromatic heterocycles. The minimum atomic E-state index is -5.06. The molecule has 0 spiro atoms. The number of hydrogen-bond acceptors (Lipinski definition) is 2. The van der Waals surface area contributed by atoms with E-state index < -0.39 is 19.1 Å². The Bertz CT molecular complexity index is 405. The largest absolute Gasteiger partial charge is 0.508 e. The van der Waals surface area contributed by atoms with E-state index in [9.17, 15) is 12.9 Å². The predicted octanol–water partition coefficient (Wildman–Crippen LogP) is 3.80. The Morgan fingerprint density at radius 1 is 1.17 bits per heavy atom. The molecule has 2 nitrogen and oxygen atoms in total. The van der Waals surface area contributed by atoms with Crippen LogP contribution in [0.15, 0.2) is 36.3 Å². The Morgan fingerprint density at radius 3 is 2.22 bits per heavy atom. The fraction of sp³-hybridized carbons (Fsp3) is 0.333. The first kappa shape index (κ1) is 14.5. The summed E-state index contributed by atoms with van der Waals surface area (Å²) in [6.45, 7) is -0.226. The third-order valence-corrected chi connectivity index (χ3v) is 2.19. The molecule has 0 saturated carbocycles. The van der Waals surface area contributed by atoms with Crippen molar-refractivity contribution < 1.29 is 22.4 Å². The molecule has 0 radical (unpaired) electrons. The monoisotopic (exact) mass is 259 g/mol. The van der Waals surface area contributed by atoms with E-state index in [0.717, 1.165) is 6.42 Å². The summed E-state index contributed by atoms with van der Waals surface area (Å²) in [5.41, 5.74) is -0.861. The van der Waals surface area contributed by atoms with Crippen LogP contribution in [-0.4, -0.2) is 20.2 Å². The third-order valence-electron chi connectivity index (χ3n) is 2.19. The molecule has 0 unspecified atom stereocenters. The maximum Gasteiger partial charge on any atom is 0.508 e. The maximum atomic E-state index is 12.3. The van der Waals surface area contributed by atoms with Crippen molar-refractivity contribution >= 4 is 6.98 Å². The first-order valence-corrected chi connectivity index (χ1v) is 5.67. The van der Waals surface area contributed by atoms with Crippen LogP contribution < -0.4 is 9.47 Å². The highest BCUT2D eigenvalue weighted by Crippen LogP contribution is 2.28. The van der Waals surface area contributed by atoms with Crippen molar-refractivity contribution in [2.24, 2.45) is 0 Å². The predicted molar refractivity (Wildman–Crippen MR) is 65.9 cm³/mol. The zero-order valence-electron chi connectivity index (χ0n) is 10.2. The number of para-hydroxylation sites is 2. The highest BCUT2D eigenvalue weighted by atomic mass is 19.4. The van der Waals surface area contributed by atoms with Crippen LogP contribution >= 0.6 is 0 Å². The van der Waals surface area contributed by atoms with Gasteiger partial charge in [0.2, 0.25) is 0 Å². The van der Waals surface area contributed by atoms with Crippen molar-refractivity contribution in [3.05, 3.63) is 36.3 Å². The van der Waals surface area contributed by atoms with Gasteiger partial charge in [0.05, 0.1) is 13.2 Å². The molecule has 0 aliphatic heterocycles. The zero-order valence-corrected chi connectivity index (χ0v) is 10.2. The molecule has 0 aliphatic carbocycles. The van der Waals surface area contributed by atoms with E-state index in [-0.39, 0.29) is 0 Å². The van der Waals surface area contributed by atoms with Gasteiger partial charge < -0.3 is 22.4 Å². The first-order chi connectivity index (χ1) is 8.45. The second kappa shape index (κ2) is 6.38. The van der Waals surface area contributed by atoms with E-state index in [1.807, 2.05) is 6.92 Å². The topological polar surface area (TPSA) is 18.5 Å². The summed E-state index contributed by atoms with van der Waals surface area (Å²) in [5, 5.41) is 0. The molecule has 0 heterocycles. The summed E-state index contributed by atoms with van der Waals surface area (Å²) in [6.07, 6.45) is 0.812. The lowest BCUT2D eigenvalue weighted by molar-refractivity contribution is 0.280. The Labute approximate surface area is 104 Å². The summed E-state index contributed by atoms with van der Waals surface area (Å²) in [4.78, 5) is 0. The summed E-state index contributed by atoms with van der Waals surface area (Å²) < 4.78 is 47.4. The average molecular weight is 259 g/mol. The van der Waals surface area contributed by atoms with Crippen LogP contribution in [0.25, 0.3) is 0 Å². The van der Waals surface area contributed by atoms with Gasteiger partial charge >= 0.3 is 6.98 Å². The average Bonchev–Trinajstić information content (AvgIpc) is 2.33. The Kier molecular flexibility index (Phi) is 5.13. The zero-order chi connectivity index (χ0) is 13.6. The molecule has 0 saturated heterocycles. The molecule has 0 fully saturated rings. The fourth-order valence-corrected chi connectivity index (χ4v) is 1.17. The molecule has 0 bridgehead atoms. The summed E-state index contributed by atoms with van der Waals surface area (Å²) in [5.74, 6) is 0.744. The molecular weight excluding hydrogens is 244 g/mol. The normalized spacial score (nSPS) is 11.1. The molecular formula is C12H15BF3O2-. The number of rotatable bonds is 7. The summed E-state index contributed by atoms with van der Waals surface area (Å²) in [7, 11) is 0. The van der Waals surface area contributed by atoms with Crippen molar-refractivity contribution in [3.8, 4) is 11.5 Å². The maximum absolute atomic E-state index is 12.3. The lowest BCUT2D eigenvalue weighted by Gasteiger charge is -2.19. The molecule has 0 aliphatic rings. The van der Waals surface area contributed by atoms with Crippen molar-refractivity contribution in [2.45, 2.75) is 13.3 Å². The van der Waals surface area contributed by atoms with Crippen LogP contribution in [0.2, 0.25) is 0 Å². The van der Waals surface area contributed by atoms with Gasteiger partial charge in [0.25, 0.3) is 0 Å². The number of ether oxygens (including phenoxy) is 2. The Hall–Kier alpha value is -1.59. The molecule has 1 aromatic rings. The third kappa shape index (κ3) is 4.35.